The predicted molar refractivity (Wildman–Crippen MR) is 78.0 cm³/mol. The van der Waals surface area contributed by atoms with Gasteiger partial charge in [-0.2, -0.15) is 0 Å². The molecule has 0 aliphatic heterocycles. The van der Waals surface area contributed by atoms with Gasteiger partial charge in [-0.25, -0.2) is 4.57 Å². The number of hydrogen-bond donors (Lipinski definition) is 0. The molecule has 1 heterocycles. The van der Waals surface area contributed by atoms with Gasteiger partial charge in [-0.05, 0) is 49.6 Å². The first-order chi connectivity index (χ1) is 9.02. The number of nitrogens with zero attached hydrogens (tertiary/aromatic N) is 1. The first-order valence-corrected chi connectivity index (χ1v) is 6.58. The molecular formula is C17H22NO+. The van der Waals surface area contributed by atoms with Crippen molar-refractivity contribution in [3.63, 3.8) is 0 Å². The third kappa shape index (κ3) is 2.85. The van der Waals surface area contributed by atoms with Gasteiger partial charge in [0.1, 0.15) is 7.05 Å². The van der Waals surface area contributed by atoms with Crippen LogP contribution in [-0.2, 0) is 18.4 Å². The summed E-state index contributed by atoms with van der Waals surface area (Å²) in [5, 5.41) is 0. The summed E-state index contributed by atoms with van der Waals surface area (Å²) in [6.45, 7) is 7.08. The average Bonchev–Trinajstić information content (AvgIpc) is 2.34. The number of aromatic nitrogens is 1. The third-order valence-electron chi connectivity index (χ3n) is 3.54. The Hall–Kier alpha value is -1.67. The van der Waals surface area contributed by atoms with Gasteiger partial charge in [-0.15, -0.1) is 0 Å². The lowest BCUT2D eigenvalue weighted by atomic mass is 9.97. The van der Waals surface area contributed by atoms with E-state index >= 15 is 0 Å². The van der Waals surface area contributed by atoms with Crippen LogP contribution in [0, 0.1) is 20.8 Å². The molecule has 1 aromatic carbocycles. The van der Waals surface area contributed by atoms with E-state index < -0.39 is 0 Å². The minimum atomic E-state index is 0.661. The van der Waals surface area contributed by atoms with Gasteiger partial charge in [0, 0.05) is 24.3 Å². The van der Waals surface area contributed by atoms with Crippen molar-refractivity contribution in [1.29, 1.82) is 0 Å². The van der Waals surface area contributed by atoms with E-state index in [9.17, 15) is 0 Å². The lowest BCUT2D eigenvalue weighted by molar-refractivity contribution is -0.660. The van der Waals surface area contributed by atoms with Crippen LogP contribution in [0.4, 0.5) is 0 Å². The monoisotopic (exact) mass is 256 g/mol. The number of pyridine rings is 1. The number of hydrogen-bond acceptors (Lipinski definition) is 1. The average molecular weight is 256 g/mol. The van der Waals surface area contributed by atoms with E-state index in [0.717, 1.165) is 0 Å². The number of methoxy groups -OCH3 is 1. The molecule has 0 bridgehead atoms. The summed E-state index contributed by atoms with van der Waals surface area (Å²) >= 11 is 0. The Morgan fingerprint density at radius 3 is 2.42 bits per heavy atom. The highest BCUT2D eigenvalue weighted by Crippen LogP contribution is 2.24. The summed E-state index contributed by atoms with van der Waals surface area (Å²) in [4.78, 5) is 0. The Morgan fingerprint density at radius 1 is 1.05 bits per heavy atom. The fourth-order valence-electron chi connectivity index (χ4n) is 2.51. The minimum Gasteiger partial charge on any atom is -0.380 e. The second kappa shape index (κ2) is 5.54. The van der Waals surface area contributed by atoms with E-state index in [0.29, 0.717) is 6.61 Å². The normalized spacial score (nSPS) is 10.8. The van der Waals surface area contributed by atoms with Crippen LogP contribution in [0.5, 0.6) is 0 Å². The van der Waals surface area contributed by atoms with Gasteiger partial charge >= 0.3 is 0 Å². The largest absolute Gasteiger partial charge is 0.380 e. The summed E-state index contributed by atoms with van der Waals surface area (Å²) in [6, 6.07) is 8.83. The molecule has 0 saturated carbocycles. The molecule has 0 spiro atoms. The molecule has 0 amide bonds. The summed E-state index contributed by atoms with van der Waals surface area (Å²) < 4.78 is 7.47. The summed E-state index contributed by atoms with van der Waals surface area (Å²) in [5.41, 5.74) is 7.63. The zero-order chi connectivity index (χ0) is 14.0. The number of benzene rings is 1. The quantitative estimate of drug-likeness (QED) is 0.768. The molecule has 2 rings (SSSR count). The van der Waals surface area contributed by atoms with Crippen LogP contribution in [0.15, 0.2) is 30.5 Å². The second-order valence-corrected chi connectivity index (χ2v) is 5.23. The molecule has 0 aliphatic rings. The molecule has 0 N–H and O–H groups in total. The zero-order valence-corrected chi connectivity index (χ0v) is 12.4. The first-order valence-electron chi connectivity index (χ1n) is 6.58. The van der Waals surface area contributed by atoms with Gasteiger partial charge in [-0.1, -0.05) is 6.07 Å². The Kier molecular flexibility index (Phi) is 4.01. The Balaban J connectivity index is 2.58. The van der Waals surface area contributed by atoms with Gasteiger partial charge in [0.2, 0.25) is 5.69 Å². The van der Waals surface area contributed by atoms with Crippen LogP contribution in [0.2, 0.25) is 0 Å². The van der Waals surface area contributed by atoms with Crippen LogP contribution in [-0.4, -0.2) is 7.11 Å². The van der Waals surface area contributed by atoms with E-state index in [1.165, 1.54) is 33.5 Å². The first kappa shape index (κ1) is 13.8. The molecule has 0 atom stereocenters. The molecule has 100 valence electrons. The number of ether oxygens (including phenoxy) is 1. The molecule has 2 heteroatoms. The van der Waals surface area contributed by atoms with Gasteiger partial charge < -0.3 is 4.74 Å². The highest BCUT2D eigenvalue weighted by Gasteiger charge is 2.14. The fraction of sp³-hybridized carbons (Fsp3) is 0.353. The fourth-order valence-corrected chi connectivity index (χ4v) is 2.51. The van der Waals surface area contributed by atoms with Crippen LogP contribution in [0.25, 0.3) is 11.3 Å². The van der Waals surface area contributed by atoms with E-state index in [4.69, 9.17) is 4.74 Å². The standard InChI is InChI=1S/C17H22NO/c1-12-6-7-17(18(4)10-12)16-9-15(11-19-5)13(2)8-14(16)3/h6-10H,11H2,1-5H3/q+1. The van der Waals surface area contributed by atoms with Crippen molar-refractivity contribution in [2.75, 3.05) is 7.11 Å². The van der Waals surface area contributed by atoms with Crippen LogP contribution in [0.3, 0.4) is 0 Å². The van der Waals surface area contributed by atoms with E-state index in [2.05, 4.69) is 62.8 Å². The molecule has 0 saturated heterocycles. The summed E-state index contributed by atoms with van der Waals surface area (Å²) in [6.07, 6.45) is 2.16. The van der Waals surface area contributed by atoms with Crippen molar-refractivity contribution in [1.82, 2.24) is 0 Å². The highest BCUT2D eigenvalue weighted by atomic mass is 16.5. The Labute approximate surface area is 115 Å². The number of aryl methyl sites for hydroxylation is 4. The number of rotatable bonds is 3. The van der Waals surface area contributed by atoms with Crippen LogP contribution < -0.4 is 4.57 Å². The van der Waals surface area contributed by atoms with Crippen molar-refractivity contribution in [3.05, 3.63) is 52.7 Å². The molecule has 0 aliphatic carbocycles. The lowest BCUT2D eigenvalue weighted by Crippen LogP contribution is -2.31. The van der Waals surface area contributed by atoms with Crippen molar-refractivity contribution >= 4 is 0 Å². The Bertz CT molecular complexity index is 602. The smallest absolute Gasteiger partial charge is 0.212 e. The van der Waals surface area contributed by atoms with Crippen molar-refractivity contribution in [3.8, 4) is 11.3 Å². The lowest BCUT2D eigenvalue weighted by Gasteiger charge is -2.11. The van der Waals surface area contributed by atoms with Crippen molar-refractivity contribution < 1.29 is 9.30 Å². The third-order valence-corrected chi connectivity index (χ3v) is 3.54. The molecular weight excluding hydrogens is 234 g/mol. The van der Waals surface area contributed by atoms with Crippen LogP contribution in [0.1, 0.15) is 22.3 Å². The van der Waals surface area contributed by atoms with E-state index in [1.807, 2.05) is 0 Å². The van der Waals surface area contributed by atoms with Gasteiger partial charge in [-0.3, -0.25) is 0 Å². The molecule has 19 heavy (non-hydrogen) atoms. The molecule has 0 radical (unpaired) electrons. The second-order valence-electron chi connectivity index (χ2n) is 5.23. The van der Waals surface area contributed by atoms with Gasteiger partial charge in [0.15, 0.2) is 6.20 Å². The summed E-state index contributed by atoms with van der Waals surface area (Å²) in [5.74, 6) is 0. The van der Waals surface area contributed by atoms with Crippen molar-refractivity contribution in [2.24, 2.45) is 7.05 Å². The highest BCUT2D eigenvalue weighted by molar-refractivity contribution is 5.63. The predicted octanol–water partition coefficient (Wildman–Crippen LogP) is 3.25. The van der Waals surface area contributed by atoms with E-state index in [1.54, 1.807) is 7.11 Å². The molecule has 0 fully saturated rings. The topological polar surface area (TPSA) is 13.1 Å². The van der Waals surface area contributed by atoms with Gasteiger partial charge in [0.25, 0.3) is 0 Å². The van der Waals surface area contributed by atoms with E-state index in [-0.39, 0.29) is 0 Å². The maximum atomic E-state index is 5.28. The van der Waals surface area contributed by atoms with Crippen molar-refractivity contribution in [2.45, 2.75) is 27.4 Å². The Morgan fingerprint density at radius 2 is 1.79 bits per heavy atom. The SMILES string of the molecule is COCc1cc(-c2ccc(C)c[n+]2C)c(C)cc1C. The zero-order valence-electron chi connectivity index (χ0n) is 12.4. The maximum absolute atomic E-state index is 5.28. The minimum absolute atomic E-state index is 0.661. The van der Waals surface area contributed by atoms with Crippen LogP contribution >= 0.6 is 0 Å². The molecule has 0 unspecified atom stereocenters. The summed E-state index contributed by atoms with van der Waals surface area (Å²) in [7, 11) is 3.84. The molecule has 1 aromatic heterocycles. The maximum Gasteiger partial charge on any atom is 0.212 e. The molecule has 2 aromatic rings. The van der Waals surface area contributed by atoms with Gasteiger partial charge in [0.05, 0.1) is 6.61 Å². The molecule has 2 nitrogen and oxygen atoms in total.